The monoisotopic (exact) mass is 469 g/mol. The van der Waals surface area contributed by atoms with Crippen LogP contribution in [0.3, 0.4) is 0 Å². The highest BCUT2D eigenvalue weighted by molar-refractivity contribution is 6.06. The minimum atomic E-state index is -0.306. The number of likely N-dealkylation sites (N-methyl/N-ethyl adjacent to an activating group) is 2. The van der Waals surface area contributed by atoms with E-state index in [4.69, 9.17) is 14.2 Å². The third-order valence-electron chi connectivity index (χ3n) is 6.37. The molecule has 3 atom stereocenters. The summed E-state index contributed by atoms with van der Waals surface area (Å²) < 4.78 is 17.1. The van der Waals surface area contributed by atoms with Crippen molar-refractivity contribution in [1.82, 2.24) is 9.80 Å². The molecule has 1 aliphatic heterocycles. The number of benzene rings is 2. The molecule has 0 spiro atoms. The summed E-state index contributed by atoms with van der Waals surface area (Å²) in [5, 5.41) is 2.88. The second-order valence-electron chi connectivity index (χ2n) is 8.90. The Bertz CT molecular complexity index is 1010. The minimum Gasteiger partial charge on any atom is -0.496 e. The molecule has 0 aromatic heterocycles. The number of amides is 2. The third kappa shape index (κ3) is 5.87. The van der Waals surface area contributed by atoms with Crippen molar-refractivity contribution < 1.29 is 23.8 Å². The highest BCUT2D eigenvalue weighted by Gasteiger charge is 2.27. The van der Waals surface area contributed by atoms with Crippen LogP contribution in [0.25, 0.3) is 0 Å². The first-order valence-electron chi connectivity index (χ1n) is 11.4. The smallest absolute Gasteiger partial charge is 0.259 e. The van der Waals surface area contributed by atoms with Crippen LogP contribution in [-0.2, 0) is 4.74 Å². The number of rotatable bonds is 4. The number of nitrogens with zero attached hydrogens (tertiary/aromatic N) is 2. The van der Waals surface area contributed by atoms with Gasteiger partial charge in [0.1, 0.15) is 18.1 Å². The fourth-order valence-corrected chi connectivity index (χ4v) is 4.06. The number of methoxy groups -OCH3 is 2. The first-order valence-corrected chi connectivity index (χ1v) is 11.4. The van der Waals surface area contributed by atoms with E-state index in [-0.39, 0.29) is 29.9 Å². The molecule has 8 nitrogen and oxygen atoms in total. The molecule has 2 aromatic rings. The van der Waals surface area contributed by atoms with Crippen molar-refractivity contribution in [3.63, 3.8) is 0 Å². The molecule has 0 aliphatic carbocycles. The van der Waals surface area contributed by atoms with Crippen molar-refractivity contribution in [3.8, 4) is 11.5 Å². The van der Waals surface area contributed by atoms with E-state index in [1.165, 1.54) is 7.11 Å². The summed E-state index contributed by atoms with van der Waals surface area (Å²) >= 11 is 0. The van der Waals surface area contributed by atoms with E-state index in [1.807, 2.05) is 0 Å². The molecule has 0 saturated carbocycles. The molecule has 8 heteroatoms. The SMILES string of the molecule is COc1ccccc1C(=O)Nc1ccc2c(c1)OC[C@@H](C)N(C)C[C@H](C)[C@@H](OC)CN(C)C2=O. The lowest BCUT2D eigenvalue weighted by atomic mass is 10.0. The van der Waals surface area contributed by atoms with Crippen LogP contribution in [0.5, 0.6) is 11.5 Å². The molecule has 0 radical (unpaired) electrons. The van der Waals surface area contributed by atoms with Gasteiger partial charge in [-0.3, -0.25) is 14.5 Å². The predicted octanol–water partition coefficient (Wildman–Crippen LogP) is 3.38. The summed E-state index contributed by atoms with van der Waals surface area (Å²) in [5.41, 5.74) is 1.39. The van der Waals surface area contributed by atoms with E-state index in [0.29, 0.717) is 41.5 Å². The molecule has 1 N–H and O–H groups in total. The Labute approximate surface area is 201 Å². The maximum Gasteiger partial charge on any atom is 0.259 e. The molecule has 1 heterocycles. The Kier molecular flexibility index (Phi) is 8.52. The van der Waals surface area contributed by atoms with E-state index in [1.54, 1.807) is 61.5 Å². The Hall–Kier alpha value is -3.10. The second kappa shape index (κ2) is 11.4. The number of hydrogen-bond acceptors (Lipinski definition) is 6. The molecule has 34 heavy (non-hydrogen) atoms. The molecule has 184 valence electrons. The molecule has 0 unspecified atom stereocenters. The van der Waals surface area contributed by atoms with Gasteiger partial charge in [-0.25, -0.2) is 0 Å². The van der Waals surface area contributed by atoms with E-state index in [9.17, 15) is 9.59 Å². The van der Waals surface area contributed by atoms with Crippen LogP contribution < -0.4 is 14.8 Å². The van der Waals surface area contributed by atoms with Gasteiger partial charge in [-0.1, -0.05) is 19.1 Å². The molecule has 3 rings (SSSR count). The van der Waals surface area contributed by atoms with Gasteiger partial charge in [-0.05, 0) is 44.2 Å². The highest BCUT2D eigenvalue weighted by Crippen LogP contribution is 2.27. The van der Waals surface area contributed by atoms with Gasteiger partial charge in [0, 0.05) is 45.0 Å². The number of carbonyl (C=O) groups is 2. The summed E-state index contributed by atoms with van der Waals surface area (Å²) in [7, 11) is 7.03. The van der Waals surface area contributed by atoms with Gasteiger partial charge in [-0.15, -0.1) is 0 Å². The van der Waals surface area contributed by atoms with Gasteiger partial charge in [0.2, 0.25) is 0 Å². The molecular weight excluding hydrogens is 434 g/mol. The lowest BCUT2D eigenvalue weighted by molar-refractivity contribution is 0.0150. The topological polar surface area (TPSA) is 80.3 Å². The number of nitrogens with one attached hydrogen (secondary N) is 1. The number of carbonyl (C=O) groups excluding carboxylic acids is 2. The maximum atomic E-state index is 13.3. The number of fused-ring (bicyclic) bond motifs is 1. The van der Waals surface area contributed by atoms with Gasteiger partial charge in [0.15, 0.2) is 0 Å². The van der Waals surface area contributed by atoms with Crippen molar-refractivity contribution in [3.05, 3.63) is 53.6 Å². The zero-order valence-electron chi connectivity index (χ0n) is 20.8. The van der Waals surface area contributed by atoms with Gasteiger partial charge in [0.25, 0.3) is 11.8 Å². The average Bonchev–Trinajstić information content (AvgIpc) is 2.84. The van der Waals surface area contributed by atoms with Gasteiger partial charge >= 0.3 is 0 Å². The van der Waals surface area contributed by atoms with Crippen LogP contribution in [0, 0.1) is 5.92 Å². The second-order valence-corrected chi connectivity index (χ2v) is 8.90. The maximum absolute atomic E-state index is 13.3. The van der Waals surface area contributed by atoms with Crippen LogP contribution in [0.15, 0.2) is 42.5 Å². The summed E-state index contributed by atoms with van der Waals surface area (Å²) in [4.78, 5) is 30.0. The Morgan fingerprint density at radius 1 is 1.09 bits per heavy atom. The van der Waals surface area contributed by atoms with E-state index in [2.05, 4.69) is 31.1 Å². The van der Waals surface area contributed by atoms with Crippen LogP contribution in [-0.4, -0.2) is 81.8 Å². The molecule has 0 saturated heterocycles. The Balaban J connectivity index is 1.91. The lowest BCUT2D eigenvalue weighted by Crippen LogP contribution is -2.45. The normalized spacial score (nSPS) is 22.1. The lowest BCUT2D eigenvalue weighted by Gasteiger charge is -2.34. The summed E-state index contributed by atoms with van der Waals surface area (Å²) in [6.07, 6.45) is -0.0909. The molecule has 2 aromatic carbocycles. The van der Waals surface area contributed by atoms with Crippen molar-refractivity contribution in [1.29, 1.82) is 0 Å². The first-order chi connectivity index (χ1) is 16.2. The minimum absolute atomic E-state index is 0.0909. The summed E-state index contributed by atoms with van der Waals surface area (Å²) in [5.74, 6) is 0.683. The zero-order chi connectivity index (χ0) is 24.8. The molecule has 0 bridgehead atoms. The highest BCUT2D eigenvalue weighted by atomic mass is 16.5. The van der Waals surface area contributed by atoms with Crippen molar-refractivity contribution in [2.45, 2.75) is 26.0 Å². The van der Waals surface area contributed by atoms with E-state index >= 15 is 0 Å². The Morgan fingerprint density at radius 3 is 2.53 bits per heavy atom. The van der Waals surface area contributed by atoms with Crippen LogP contribution in [0.2, 0.25) is 0 Å². The van der Waals surface area contributed by atoms with Crippen molar-refractivity contribution in [2.75, 3.05) is 53.3 Å². The first kappa shape index (κ1) is 25.5. The molecular formula is C26H35N3O5. The predicted molar refractivity (Wildman–Crippen MR) is 132 cm³/mol. The van der Waals surface area contributed by atoms with Crippen LogP contribution in [0.4, 0.5) is 5.69 Å². The summed E-state index contributed by atoms with van der Waals surface area (Å²) in [6, 6.07) is 12.2. The third-order valence-corrected chi connectivity index (χ3v) is 6.37. The van der Waals surface area contributed by atoms with E-state index in [0.717, 1.165) is 6.54 Å². The van der Waals surface area contributed by atoms with Gasteiger partial charge < -0.3 is 24.4 Å². The fourth-order valence-electron chi connectivity index (χ4n) is 4.06. The van der Waals surface area contributed by atoms with E-state index < -0.39 is 0 Å². The van der Waals surface area contributed by atoms with Crippen molar-refractivity contribution >= 4 is 17.5 Å². The fraction of sp³-hybridized carbons (Fsp3) is 0.462. The standard InChI is InChI=1S/C26H35N3O5/c1-17-14-28(3)18(2)16-34-23-13-19(27-25(30)20-9-7-8-10-22(20)32-5)11-12-21(23)26(31)29(4)15-24(17)33-6/h7-13,17-18,24H,14-16H2,1-6H3,(H,27,30)/t17-,18+,24-/m0/s1. The van der Waals surface area contributed by atoms with Crippen LogP contribution >= 0.6 is 0 Å². The number of para-hydroxylation sites is 1. The largest absolute Gasteiger partial charge is 0.496 e. The Morgan fingerprint density at radius 2 is 1.82 bits per heavy atom. The van der Waals surface area contributed by atoms with Gasteiger partial charge in [-0.2, -0.15) is 0 Å². The van der Waals surface area contributed by atoms with Crippen LogP contribution in [0.1, 0.15) is 34.6 Å². The zero-order valence-corrected chi connectivity index (χ0v) is 20.8. The van der Waals surface area contributed by atoms with Crippen molar-refractivity contribution in [2.24, 2.45) is 5.92 Å². The molecule has 0 fully saturated rings. The average molecular weight is 470 g/mol. The molecule has 2 amide bonds. The number of hydrogen-bond donors (Lipinski definition) is 1. The number of ether oxygens (including phenoxy) is 3. The summed E-state index contributed by atoms with van der Waals surface area (Å²) in [6.45, 7) is 5.89. The van der Waals surface area contributed by atoms with Gasteiger partial charge in [0.05, 0.1) is 24.3 Å². The quantitative estimate of drug-likeness (QED) is 0.740. The number of anilines is 1. The molecule has 1 aliphatic rings.